The quantitative estimate of drug-likeness (QED) is 0.241. The maximum Gasteiger partial charge on any atom is 0.362 e. The van der Waals surface area contributed by atoms with Crippen molar-refractivity contribution in [2.75, 3.05) is 13.2 Å². The van der Waals surface area contributed by atoms with E-state index in [0.29, 0.717) is 12.2 Å². The maximum absolute atomic E-state index is 13.0. The number of rotatable bonds is 11. The first kappa shape index (κ1) is 23.6. The van der Waals surface area contributed by atoms with Gasteiger partial charge in [-0.2, -0.15) is 0 Å². The van der Waals surface area contributed by atoms with Crippen LogP contribution < -0.4 is 4.74 Å². The number of aryl methyl sites for hydroxylation is 2. The van der Waals surface area contributed by atoms with Crippen molar-refractivity contribution in [3.05, 3.63) is 28.6 Å². The molecule has 170 valence electrons. The minimum Gasteiger partial charge on any atom is -0.464 e. The third kappa shape index (κ3) is 5.22. The topological polar surface area (TPSA) is 61.8 Å². The molecule has 1 aromatic heterocycles. The van der Waals surface area contributed by atoms with Gasteiger partial charge in [0.1, 0.15) is 5.75 Å². The third-order valence-electron chi connectivity index (χ3n) is 5.81. The maximum atomic E-state index is 13.0. The molecule has 0 bridgehead atoms. The van der Waals surface area contributed by atoms with Gasteiger partial charge >= 0.3 is 17.5 Å². The molecule has 0 radical (unpaired) electrons. The Morgan fingerprint density at radius 2 is 1.68 bits per heavy atom. The molecule has 1 heterocycles. The minimum atomic E-state index is -1.77. The summed E-state index contributed by atoms with van der Waals surface area (Å²) in [6.07, 6.45) is 8.55. The van der Waals surface area contributed by atoms with E-state index in [2.05, 4.69) is 6.92 Å². The van der Waals surface area contributed by atoms with Crippen LogP contribution in [0.15, 0.2) is 18.2 Å². The molecule has 5 nitrogen and oxygen atoms in total. The number of fused-ring (bicyclic) bond motifs is 3. The average Bonchev–Trinajstić information content (AvgIpc) is 3.14. The minimum absolute atomic E-state index is 0.176. The number of benzene rings is 1. The molecular weight excluding hydrogens is 412 g/mol. The van der Waals surface area contributed by atoms with E-state index in [0.717, 1.165) is 32.1 Å². The van der Waals surface area contributed by atoms with Crippen LogP contribution in [0.2, 0.25) is 0 Å². The predicted octanol–water partition coefficient (Wildman–Crippen LogP) is 5.99. The molecule has 0 unspecified atom stereocenters. The second-order valence-electron chi connectivity index (χ2n) is 8.05. The highest BCUT2D eigenvalue weighted by atomic mass is 32.1. The molecule has 2 aromatic rings. The number of esters is 2. The lowest BCUT2D eigenvalue weighted by Gasteiger charge is -2.30. The smallest absolute Gasteiger partial charge is 0.362 e. The van der Waals surface area contributed by atoms with Crippen molar-refractivity contribution in [3.8, 4) is 5.75 Å². The van der Waals surface area contributed by atoms with Crippen molar-refractivity contribution in [1.82, 2.24) is 0 Å². The van der Waals surface area contributed by atoms with Crippen LogP contribution >= 0.6 is 11.3 Å². The van der Waals surface area contributed by atoms with Crippen molar-refractivity contribution in [3.63, 3.8) is 0 Å². The highest BCUT2D eigenvalue weighted by molar-refractivity contribution is 7.19. The summed E-state index contributed by atoms with van der Waals surface area (Å²) < 4.78 is 18.1. The van der Waals surface area contributed by atoms with Gasteiger partial charge in [0.25, 0.3) is 0 Å². The number of carbonyl (C=O) groups is 2. The van der Waals surface area contributed by atoms with E-state index in [1.165, 1.54) is 33.4 Å². The first-order valence-corrected chi connectivity index (χ1v) is 12.4. The van der Waals surface area contributed by atoms with E-state index in [9.17, 15) is 9.59 Å². The monoisotopic (exact) mass is 446 g/mol. The Kier molecular flexibility index (Phi) is 8.35. The molecule has 1 aliphatic carbocycles. The Balaban J connectivity index is 1.96. The van der Waals surface area contributed by atoms with Crippen molar-refractivity contribution in [1.29, 1.82) is 0 Å². The Morgan fingerprint density at radius 1 is 0.968 bits per heavy atom. The summed E-state index contributed by atoms with van der Waals surface area (Å²) in [4.78, 5) is 27.5. The van der Waals surface area contributed by atoms with E-state index in [-0.39, 0.29) is 19.6 Å². The largest absolute Gasteiger partial charge is 0.464 e. The summed E-state index contributed by atoms with van der Waals surface area (Å²) in [5, 5.41) is 1.17. The van der Waals surface area contributed by atoms with E-state index < -0.39 is 17.5 Å². The molecule has 0 fully saturated rings. The van der Waals surface area contributed by atoms with Gasteiger partial charge in [0, 0.05) is 16.0 Å². The van der Waals surface area contributed by atoms with Gasteiger partial charge in [-0.25, -0.2) is 9.59 Å². The highest BCUT2D eigenvalue weighted by Crippen LogP contribution is 2.39. The number of carbonyl (C=O) groups excluding carboxylic acids is 2. The van der Waals surface area contributed by atoms with E-state index in [1.54, 1.807) is 13.8 Å². The highest BCUT2D eigenvalue weighted by Gasteiger charge is 2.51. The number of unbranched alkanes of at least 4 members (excludes halogenated alkanes) is 3. The summed E-state index contributed by atoms with van der Waals surface area (Å²) in [5.41, 5.74) is -0.388. The van der Waals surface area contributed by atoms with Gasteiger partial charge in [-0.3, -0.25) is 0 Å². The molecule has 1 aromatic carbocycles. The fraction of sp³-hybridized carbons (Fsp3) is 0.600. The Morgan fingerprint density at radius 3 is 2.35 bits per heavy atom. The van der Waals surface area contributed by atoms with Gasteiger partial charge in [0.15, 0.2) is 0 Å². The third-order valence-corrected chi connectivity index (χ3v) is 7.08. The zero-order valence-electron chi connectivity index (χ0n) is 19.0. The zero-order chi connectivity index (χ0) is 22.3. The Hall–Kier alpha value is -2.08. The number of ether oxygens (including phenoxy) is 3. The van der Waals surface area contributed by atoms with Gasteiger partial charge in [0.2, 0.25) is 0 Å². The molecule has 31 heavy (non-hydrogen) atoms. The van der Waals surface area contributed by atoms with Crippen molar-refractivity contribution < 1.29 is 23.8 Å². The van der Waals surface area contributed by atoms with Crippen molar-refractivity contribution in [2.45, 2.75) is 84.2 Å². The fourth-order valence-corrected chi connectivity index (χ4v) is 5.50. The normalized spacial score (nSPS) is 13.6. The number of hydrogen-bond acceptors (Lipinski definition) is 6. The van der Waals surface area contributed by atoms with Crippen LogP contribution in [0.3, 0.4) is 0 Å². The second kappa shape index (κ2) is 11.0. The molecule has 0 N–H and O–H groups in total. The SMILES string of the molecule is CCCCCCC(Oc1ccc2sc3c(c2c1)CCCC3)(C(=O)OCC)C(=O)OCC. The van der Waals surface area contributed by atoms with Crippen LogP contribution in [-0.4, -0.2) is 30.8 Å². The molecule has 3 rings (SSSR count). The molecule has 0 saturated carbocycles. The average molecular weight is 447 g/mol. The standard InChI is InChI=1S/C25H34O5S/c1-4-7-8-11-16-25(23(26)28-5-2,24(27)29-6-3)30-18-14-15-22-20(17-18)19-12-9-10-13-21(19)31-22/h14-15,17H,4-13,16H2,1-3H3. The molecule has 0 spiro atoms. The molecule has 0 aliphatic heterocycles. The van der Waals surface area contributed by atoms with Gasteiger partial charge in [-0.15, -0.1) is 11.3 Å². The molecule has 1 aliphatic rings. The van der Waals surface area contributed by atoms with Crippen LogP contribution in [0.5, 0.6) is 5.75 Å². The second-order valence-corrected chi connectivity index (χ2v) is 9.19. The first-order chi connectivity index (χ1) is 15.1. The van der Waals surface area contributed by atoms with Gasteiger partial charge in [-0.1, -0.05) is 26.2 Å². The van der Waals surface area contributed by atoms with Crippen LogP contribution in [-0.2, 0) is 31.9 Å². The summed E-state index contributed by atoms with van der Waals surface area (Å²) in [5.74, 6) is -0.829. The first-order valence-electron chi connectivity index (χ1n) is 11.6. The summed E-state index contributed by atoms with van der Waals surface area (Å²) in [6.45, 7) is 5.94. The van der Waals surface area contributed by atoms with E-state index in [4.69, 9.17) is 14.2 Å². The number of hydrogen-bond donors (Lipinski definition) is 0. The van der Waals surface area contributed by atoms with Crippen LogP contribution in [0, 0.1) is 0 Å². The lowest BCUT2D eigenvalue weighted by molar-refractivity contribution is -0.180. The summed E-state index contributed by atoms with van der Waals surface area (Å²) in [6, 6.07) is 5.87. The Bertz CT molecular complexity index is 883. The summed E-state index contributed by atoms with van der Waals surface area (Å²) >= 11 is 1.84. The van der Waals surface area contributed by atoms with Crippen LogP contribution in [0.1, 0.15) is 76.2 Å². The fourth-order valence-electron chi connectivity index (χ4n) is 4.22. The molecular formula is C25H34O5S. The van der Waals surface area contributed by atoms with Crippen molar-refractivity contribution >= 4 is 33.4 Å². The van der Waals surface area contributed by atoms with Crippen molar-refractivity contribution in [2.24, 2.45) is 0 Å². The molecule has 0 amide bonds. The van der Waals surface area contributed by atoms with E-state index >= 15 is 0 Å². The lowest BCUT2D eigenvalue weighted by atomic mass is 9.94. The van der Waals surface area contributed by atoms with Crippen LogP contribution in [0.25, 0.3) is 10.1 Å². The van der Waals surface area contributed by atoms with Gasteiger partial charge < -0.3 is 14.2 Å². The summed E-state index contributed by atoms with van der Waals surface area (Å²) in [7, 11) is 0. The van der Waals surface area contributed by atoms with Crippen LogP contribution in [0.4, 0.5) is 0 Å². The number of thiophene rings is 1. The van der Waals surface area contributed by atoms with Gasteiger partial charge in [-0.05, 0) is 75.1 Å². The molecule has 0 atom stereocenters. The lowest BCUT2D eigenvalue weighted by Crippen LogP contribution is -2.53. The van der Waals surface area contributed by atoms with Gasteiger partial charge in [0.05, 0.1) is 13.2 Å². The Labute approximate surface area is 189 Å². The van der Waals surface area contributed by atoms with E-state index in [1.807, 2.05) is 29.5 Å². The molecule has 6 heteroatoms. The predicted molar refractivity (Wildman–Crippen MR) is 124 cm³/mol. The zero-order valence-corrected chi connectivity index (χ0v) is 19.8. The molecule has 0 saturated heterocycles.